The molecule has 0 bridgehead atoms. The minimum absolute atomic E-state index is 0.712. The summed E-state index contributed by atoms with van der Waals surface area (Å²) in [6.45, 7) is 0. The van der Waals surface area contributed by atoms with Crippen molar-refractivity contribution in [1.82, 2.24) is 0 Å². The smallest absolute Gasteiger partial charge is 0.344 e. The Kier molecular flexibility index (Phi) is 2.84. The summed E-state index contributed by atoms with van der Waals surface area (Å²) in [6.07, 6.45) is 0. The fourth-order valence-electron chi connectivity index (χ4n) is 0.999. The van der Waals surface area contributed by atoms with Gasteiger partial charge in [-0.15, -0.1) is 0 Å². The van der Waals surface area contributed by atoms with Gasteiger partial charge >= 0.3 is 11.7 Å². The number of aromatic hydroxyl groups is 1. The Balaban J connectivity index is 3.43. The molecule has 0 saturated heterocycles. The third kappa shape index (κ3) is 1.85. The van der Waals surface area contributed by atoms with E-state index < -0.39 is 33.7 Å². The number of halogens is 1. The molecule has 0 unspecified atom stereocenters. The molecule has 1 aromatic carbocycles. The number of ether oxygens (including phenoxy) is 1. The highest BCUT2D eigenvalue weighted by atomic mass is 19.1. The van der Waals surface area contributed by atoms with Crippen LogP contribution in [0.25, 0.3) is 0 Å². The fourth-order valence-corrected chi connectivity index (χ4v) is 0.999. The number of benzene rings is 1. The number of phenols is 1. The van der Waals surface area contributed by atoms with E-state index in [0.29, 0.717) is 6.07 Å². The summed E-state index contributed by atoms with van der Waals surface area (Å²) in [4.78, 5) is 20.4. The molecule has 1 N–H and O–H groups in total. The van der Waals surface area contributed by atoms with Gasteiger partial charge in [0.2, 0.25) is 5.75 Å². The van der Waals surface area contributed by atoms with Crippen molar-refractivity contribution in [1.29, 1.82) is 0 Å². The van der Waals surface area contributed by atoms with Crippen LogP contribution < -0.4 is 0 Å². The summed E-state index contributed by atoms with van der Waals surface area (Å²) < 4.78 is 17.2. The van der Waals surface area contributed by atoms with Crippen molar-refractivity contribution >= 4 is 11.7 Å². The van der Waals surface area contributed by atoms with Gasteiger partial charge in [0.25, 0.3) is 0 Å². The number of rotatable bonds is 2. The number of phenolic OH excluding ortho intramolecular Hbond substituents is 1. The third-order valence-electron chi connectivity index (χ3n) is 1.69. The van der Waals surface area contributed by atoms with E-state index >= 15 is 0 Å². The topological polar surface area (TPSA) is 89.7 Å². The van der Waals surface area contributed by atoms with E-state index in [9.17, 15) is 24.4 Å². The highest BCUT2D eigenvalue weighted by molar-refractivity contribution is 5.94. The average molecular weight is 215 g/mol. The van der Waals surface area contributed by atoms with E-state index in [-0.39, 0.29) is 0 Å². The molecule has 1 aromatic rings. The van der Waals surface area contributed by atoms with Gasteiger partial charge in [-0.1, -0.05) is 0 Å². The lowest BCUT2D eigenvalue weighted by molar-refractivity contribution is -0.386. The van der Waals surface area contributed by atoms with Gasteiger partial charge in [-0.05, 0) is 6.07 Å². The molecular formula is C8H6FNO5. The van der Waals surface area contributed by atoms with E-state index in [0.717, 1.165) is 13.2 Å². The van der Waals surface area contributed by atoms with Crippen LogP contribution in [0.15, 0.2) is 12.1 Å². The van der Waals surface area contributed by atoms with Crippen LogP contribution in [0, 0.1) is 15.9 Å². The highest BCUT2D eigenvalue weighted by Crippen LogP contribution is 2.31. The molecule has 0 amide bonds. The van der Waals surface area contributed by atoms with Gasteiger partial charge in [0.05, 0.1) is 12.0 Å². The van der Waals surface area contributed by atoms with Crippen LogP contribution in [0.3, 0.4) is 0 Å². The maximum atomic E-state index is 13.0. The van der Waals surface area contributed by atoms with Crippen LogP contribution >= 0.6 is 0 Å². The molecule has 0 fully saturated rings. The van der Waals surface area contributed by atoms with E-state index in [2.05, 4.69) is 4.74 Å². The number of carbonyl (C=O) groups is 1. The summed E-state index contributed by atoms with van der Waals surface area (Å²) in [5, 5.41) is 19.6. The van der Waals surface area contributed by atoms with Crippen molar-refractivity contribution in [2.75, 3.05) is 7.11 Å². The van der Waals surface area contributed by atoms with Crippen molar-refractivity contribution in [3.05, 3.63) is 33.6 Å². The van der Waals surface area contributed by atoms with Crippen LogP contribution in [-0.4, -0.2) is 23.1 Å². The Hall–Kier alpha value is -2.18. The number of nitrogens with zero attached hydrogens (tertiary/aromatic N) is 1. The van der Waals surface area contributed by atoms with Crippen molar-refractivity contribution in [2.24, 2.45) is 0 Å². The Morgan fingerprint density at radius 2 is 2.20 bits per heavy atom. The number of carbonyl (C=O) groups excluding carboxylic acids is 1. The zero-order valence-corrected chi connectivity index (χ0v) is 7.56. The Morgan fingerprint density at radius 1 is 1.60 bits per heavy atom. The predicted octanol–water partition coefficient (Wildman–Crippen LogP) is 1.23. The van der Waals surface area contributed by atoms with E-state index in [1.54, 1.807) is 0 Å². The molecule has 0 heterocycles. The van der Waals surface area contributed by atoms with Crippen molar-refractivity contribution in [2.45, 2.75) is 0 Å². The number of esters is 1. The van der Waals surface area contributed by atoms with Crippen LogP contribution in [0.4, 0.5) is 10.1 Å². The molecule has 0 aliphatic rings. The van der Waals surface area contributed by atoms with E-state index in [1.165, 1.54) is 0 Å². The van der Waals surface area contributed by atoms with Gasteiger partial charge in [0.1, 0.15) is 11.4 Å². The summed E-state index contributed by atoms with van der Waals surface area (Å²) in [7, 11) is 0.972. The molecule has 0 radical (unpaired) electrons. The largest absolute Gasteiger partial charge is 0.501 e. The first-order valence-electron chi connectivity index (χ1n) is 3.73. The maximum Gasteiger partial charge on any atom is 0.344 e. The van der Waals surface area contributed by atoms with Gasteiger partial charge in [0, 0.05) is 6.07 Å². The first kappa shape index (κ1) is 10.9. The second kappa shape index (κ2) is 3.91. The van der Waals surface area contributed by atoms with E-state index in [4.69, 9.17) is 0 Å². The summed E-state index contributed by atoms with van der Waals surface area (Å²) >= 11 is 0. The SMILES string of the molecule is COC(=O)c1c(F)ccc([N+](=O)[O-])c1O. The molecule has 15 heavy (non-hydrogen) atoms. The minimum atomic E-state index is -1.17. The van der Waals surface area contributed by atoms with Gasteiger partial charge < -0.3 is 9.84 Å². The molecule has 0 aliphatic heterocycles. The quantitative estimate of drug-likeness (QED) is 0.455. The van der Waals surface area contributed by atoms with Gasteiger partial charge in [-0.3, -0.25) is 10.1 Å². The number of nitro benzene ring substituents is 1. The van der Waals surface area contributed by atoms with E-state index in [1.807, 2.05) is 0 Å². The number of hydrogen-bond donors (Lipinski definition) is 1. The lowest BCUT2D eigenvalue weighted by Crippen LogP contribution is -2.06. The molecule has 1 rings (SSSR count). The minimum Gasteiger partial charge on any atom is -0.501 e. The first-order chi connectivity index (χ1) is 6.99. The van der Waals surface area contributed by atoms with Gasteiger partial charge in [-0.25, -0.2) is 9.18 Å². The van der Waals surface area contributed by atoms with Crippen molar-refractivity contribution in [3.8, 4) is 5.75 Å². The lowest BCUT2D eigenvalue weighted by atomic mass is 10.1. The molecular weight excluding hydrogens is 209 g/mol. The number of nitro groups is 1. The molecule has 0 atom stereocenters. The summed E-state index contributed by atoms with van der Waals surface area (Å²) in [6, 6.07) is 1.47. The van der Waals surface area contributed by atoms with Crippen LogP contribution in [0.2, 0.25) is 0 Å². The molecule has 0 spiro atoms. The molecule has 0 saturated carbocycles. The standard InChI is InChI=1S/C8H6FNO5/c1-15-8(12)6-4(9)2-3-5(7(6)11)10(13)14/h2-3,11H,1H3. The monoisotopic (exact) mass is 215 g/mol. The van der Waals surface area contributed by atoms with Crippen molar-refractivity contribution in [3.63, 3.8) is 0 Å². The zero-order chi connectivity index (χ0) is 11.6. The number of methoxy groups -OCH3 is 1. The van der Waals surface area contributed by atoms with Crippen molar-refractivity contribution < 1.29 is 24.0 Å². The molecule has 0 aliphatic carbocycles. The summed E-state index contributed by atoms with van der Waals surface area (Å²) in [5.41, 5.74) is -1.59. The molecule has 0 aromatic heterocycles. The summed E-state index contributed by atoms with van der Waals surface area (Å²) in [5.74, 6) is -3.29. The highest BCUT2D eigenvalue weighted by Gasteiger charge is 2.25. The fraction of sp³-hybridized carbons (Fsp3) is 0.125. The Labute approximate surface area is 83.0 Å². The van der Waals surface area contributed by atoms with Gasteiger partial charge in [0.15, 0.2) is 0 Å². The Morgan fingerprint density at radius 3 is 2.67 bits per heavy atom. The second-order valence-electron chi connectivity index (χ2n) is 2.54. The lowest BCUT2D eigenvalue weighted by Gasteiger charge is -2.03. The second-order valence-corrected chi connectivity index (χ2v) is 2.54. The normalized spacial score (nSPS) is 9.73. The third-order valence-corrected chi connectivity index (χ3v) is 1.69. The molecule has 6 nitrogen and oxygen atoms in total. The van der Waals surface area contributed by atoms with Crippen LogP contribution in [0.5, 0.6) is 5.75 Å². The zero-order valence-electron chi connectivity index (χ0n) is 7.56. The average Bonchev–Trinajstić information content (AvgIpc) is 2.16. The molecule has 7 heteroatoms. The van der Waals surface area contributed by atoms with Crippen LogP contribution in [-0.2, 0) is 4.74 Å². The Bertz CT molecular complexity index is 431. The predicted molar refractivity (Wildman–Crippen MR) is 46.1 cm³/mol. The first-order valence-corrected chi connectivity index (χ1v) is 3.73. The number of hydrogen-bond acceptors (Lipinski definition) is 5. The molecule has 80 valence electrons. The van der Waals surface area contributed by atoms with Gasteiger partial charge in [-0.2, -0.15) is 0 Å². The maximum absolute atomic E-state index is 13.0. The van der Waals surface area contributed by atoms with Crippen LogP contribution in [0.1, 0.15) is 10.4 Å².